The molecule has 248 valence electrons. The summed E-state index contributed by atoms with van der Waals surface area (Å²) in [5.41, 5.74) is 1.14. The molecule has 3 aliphatic heterocycles. The van der Waals surface area contributed by atoms with Crippen molar-refractivity contribution in [2.45, 2.75) is 42.7 Å². The number of fused-ring (bicyclic) bond motifs is 1. The zero-order chi connectivity index (χ0) is 32.5. The van der Waals surface area contributed by atoms with Gasteiger partial charge in [0.1, 0.15) is 0 Å². The quantitative estimate of drug-likeness (QED) is 0.311. The Bertz CT molecular complexity index is 1760. The summed E-state index contributed by atoms with van der Waals surface area (Å²) >= 11 is 6.13. The van der Waals surface area contributed by atoms with Gasteiger partial charge in [-0.3, -0.25) is 14.0 Å². The zero-order valence-electron chi connectivity index (χ0n) is 25.9. The third-order valence-electron chi connectivity index (χ3n) is 9.31. The molecule has 46 heavy (non-hydrogen) atoms. The molecule has 6 rings (SSSR count). The third-order valence-corrected chi connectivity index (χ3v) is 12.0. The van der Waals surface area contributed by atoms with Gasteiger partial charge >= 0.3 is 0 Å². The minimum atomic E-state index is -3.96. The van der Waals surface area contributed by atoms with Crippen molar-refractivity contribution in [3.63, 3.8) is 0 Å². The lowest BCUT2D eigenvalue weighted by Crippen LogP contribution is -2.62. The van der Waals surface area contributed by atoms with Crippen molar-refractivity contribution in [2.75, 3.05) is 63.5 Å². The Labute approximate surface area is 276 Å². The second kappa shape index (κ2) is 13.7. The van der Waals surface area contributed by atoms with Gasteiger partial charge in [-0.15, -0.1) is 0 Å². The van der Waals surface area contributed by atoms with E-state index in [2.05, 4.69) is 14.8 Å². The predicted octanol–water partition coefficient (Wildman–Crippen LogP) is 3.45. The number of anilines is 1. The van der Waals surface area contributed by atoms with E-state index < -0.39 is 20.1 Å². The van der Waals surface area contributed by atoms with E-state index in [1.165, 1.54) is 4.31 Å². The highest BCUT2D eigenvalue weighted by molar-refractivity contribution is 7.89. The third kappa shape index (κ3) is 7.83. The molecular weight excluding hydrogens is 650 g/mol. The van der Waals surface area contributed by atoms with E-state index in [4.69, 9.17) is 15.8 Å². The van der Waals surface area contributed by atoms with E-state index in [1.807, 2.05) is 17.0 Å². The lowest BCUT2D eigenvalue weighted by Gasteiger charge is -2.45. The largest absolute Gasteiger partial charge is 0.371 e. The number of rotatable bonds is 9. The van der Waals surface area contributed by atoms with E-state index in [0.717, 1.165) is 48.6 Å². The molecule has 4 heterocycles. The molecule has 0 radical (unpaired) electrons. The van der Waals surface area contributed by atoms with E-state index in [0.29, 0.717) is 50.0 Å². The van der Waals surface area contributed by atoms with Crippen LogP contribution in [0.25, 0.3) is 10.8 Å². The zero-order valence-corrected chi connectivity index (χ0v) is 28.3. The van der Waals surface area contributed by atoms with Gasteiger partial charge in [0.25, 0.3) is 10.1 Å². The Hall–Kier alpha value is -2.81. The highest BCUT2D eigenvalue weighted by Gasteiger charge is 2.41. The van der Waals surface area contributed by atoms with Crippen LogP contribution < -0.4 is 4.90 Å². The number of sulfonamides is 1. The van der Waals surface area contributed by atoms with Gasteiger partial charge in [0.05, 0.1) is 29.8 Å². The van der Waals surface area contributed by atoms with Gasteiger partial charge in [0.15, 0.2) is 0 Å². The molecule has 2 aromatic carbocycles. The number of likely N-dealkylation sites (tertiary alicyclic amines) is 1. The first-order chi connectivity index (χ1) is 21.9. The lowest BCUT2D eigenvalue weighted by molar-refractivity contribution is -0.139. The maximum absolute atomic E-state index is 14.0. The fourth-order valence-electron chi connectivity index (χ4n) is 6.88. The number of nitrogens with zero attached hydrogens (tertiary/aromatic N) is 5. The maximum atomic E-state index is 14.0. The van der Waals surface area contributed by atoms with Gasteiger partial charge in [-0.2, -0.15) is 12.7 Å². The Morgan fingerprint density at radius 3 is 2.24 bits per heavy atom. The van der Waals surface area contributed by atoms with Crippen molar-refractivity contribution in [3.8, 4) is 0 Å². The molecule has 0 spiro atoms. The van der Waals surface area contributed by atoms with Gasteiger partial charge in [-0.25, -0.2) is 8.42 Å². The molecular formula is C32H40ClN5O6S2. The minimum absolute atomic E-state index is 0.143. The van der Waals surface area contributed by atoms with Gasteiger partial charge in [-0.05, 0) is 78.8 Å². The van der Waals surface area contributed by atoms with Crippen molar-refractivity contribution in [1.82, 2.24) is 19.1 Å². The fourth-order valence-corrected chi connectivity index (χ4v) is 9.21. The molecule has 0 aliphatic carbocycles. The number of aromatic nitrogens is 1. The van der Waals surface area contributed by atoms with Crippen LogP contribution in [0.2, 0.25) is 5.02 Å². The van der Waals surface area contributed by atoms with Gasteiger partial charge in [-0.1, -0.05) is 23.7 Å². The number of carbonyl (C=O) groups is 1. The highest BCUT2D eigenvalue weighted by Crippen LogP contribution is 2.29. The molecule has 0 saturated carbocycles. The van der Waals surface area contributed by atoms with E-state index in [1.54, 1.807) is 48.8 Å². The molecule has 1 unspecified atom stereocenters. The first kappa shape index (κ1) is 33.1. The molecule has 3 fully saturated rings. The maximum Gasteiger partial charge on any atom is 0.264 e. The van der Waals surface area contributed by atoms with Crippen LogP contribution in [-0.2, 0) is 29.1 Å². The summed E-state index contributed by atoms with van der Waals surface area (Å²) in [4.78, 5) is 24.5. The van der Waals surface area contributed by atoms with Crippen LogP contribution in [0.3, 0.4) is 0 Å². The van der Waals surface area contributed by atoms with Crippen LogP contribution >= 0.6 is 11.6 Å². The van der Waals surface area contributed by atoms with Crippen molar-refractivity contribution >= 4 is 54.1 Å². The number of benzene rings is 2. The van der Waals surface area contributed by atoms with Crippen LogP contribution in [0.15, 0.2) is 65.8 Å². The molecule has 1 atom stereocenters. The summed E-state index contributed by atoms with van der Waals surface area (Å²) in [5.74, 6) is 0.105. The predicted molar refractivity (Wildman–Crippen MR) is 178 cm³/mol. The Kier molecular flexibility index (Phi) is 9.88. The summed E-state index contributed by atoms with van der Waals surface area (Å²) in [5, 5.41) is 2.16. The first-order valence-corrected chi connectivity index (χ1v) is 19.3. The van der Waals surface area contributed by atoms with Crippen molar-refractivity contribution in [1.29, 1.82) is 0 Å². The molecule has 1 aromatic heterocycles. The summed E-state index contributed by atoms with van der Waals surface area (Å²) < 4.78 is 57.7. The average molecular weight is 690 g/mol. The number of hydrogen-bond acceptors (Lipinski definition) is 9. The normalized spacial score (nSPS) is 21.7. The summed E-state index contributed by atoms with van der Waals surface area (Å²) in [6.07, 6.45) is 7.22. The van der Waals surface area contributed by atoms with Crippen LogP contribution in [0, 0.1) is 5.92 Å². The molecule has 3 saturated heterocycles. The first-order valence-electron chi connectivity index (χ1n) is 15.7. The number of amides is 1. The summed E-state index contributed by atoms with van der Waals surface area (Å²) in [7, 11) is -7.50. The molecule has 0 bridgehead atoms. The fraction of sp³-hybridized carbons (Fsp3) is 0.500. The Morgan fingerprint density at radius 2 is 1.54 bits per heavy atom. The van der Waals surface area contributed by atoms with Crippen LogP contribution in [0.1, 0.15) is 25.7 Å². The smallest absolute Gasteiger partial charge is 0.264 e. The van der Waals surface area contributed by atoms with Crippen molar-refractivity contribution in [3.05, 3.63) is 65.9 Å². The summed E-state index contributed by atoms with van der Waals surface area (Å²) in [6, 6.07) is 13.9. The van der Waals surface area contributed by atoms with E-state index >= 15 is 0 Å². The van der Waals surface area contributed by atoms with Gasteiger partial charge in [0.2, 0.25) is 15.9 Å². The van der Waals surface area contributed by atoms with Crippen molar-refractivity contribution in [2.24, 2.45) is 5.92 Å². The van der Waals surface area contributed by atoms with Crippen LogP contribution in [0.4, 0.5) is 5.69 Å². The lowest BCUT2D eigenvalue weighted by atomic mass is 9.94. The molecule has 14 heteroatoms. The van der Waals surface area contributed by atoms with E-state index in [9.17, 15) is 21.6 Å². The number of pyridine rings is 1. The Balaban J connectivity index is 1.18. The Morgan fingerprint density at radius 1 is 0.870 bits per heavy atom. The van der Waals surface area contributed by atoms with Gasteiger partial charge < -0.3 is 14.7 Å². The van der Waals surface area contributed by atoms with E-state index in [-0.39, 0.29) is 36.0 Å². The van der Waals surface area contributed by atoms with Crippen LogP contribution in [-0.4, -0.2) is 113 Å². The molecule has 1 amide bonds. The molecule has 0 N–H and O–H groups in total. The number of piperazine rings is 1. The van der Waals surface area contributed by atoms with Gasteiger partial charge in [0, 0.05) is 68.9 Å². The topological polar surface area (TPSA) is 120 Å². The van der Waals surface area contributed by atoms with Crippen molar-refractivity contribution < 1.29 is 25.8 Å². The monoisotopic (exact) mass is 689 g/mol. The molecule has 11 nitrogen and oxygen atoms in total. The average Bonchev–Trinajstić information content (AvgIpc) is 3.03. The summed E-state index contributed by atoms with van der Waals surface area (Å²) in [6.45, 7) is 4.00. The standard InChI is InChI=1S/C32H40ClN5O6S2/c1-45(40,41)44-30-10-14-35(15-11-30)21-29-22-37(46(42,43)31-5-3-25-18-27(33)4-2-26(25)19-31)23-32(39)38(29)20-24-8-16-36(17-9-24)28-6-12-34-13-7-28/h2-7,12-13,18-19,24,29-30H,8-11,14-17,20-23H2,1H3. The number of piperidine rings is 2. The number of halogens is 1. The highest BCUT2D eigenvalue weighted by atomic mass is 35.5. The molecule has 3 aromatic rings. The minimum Gasteiger partial charge on any atom is -0.371 e. The second-order valence-electron chi connectivity index (χ2n) is 12.6. The molecule has 3 aliphatic rings. The second-order valence-corrected chi connectivity index (χ2v) is 16.6. The number of hydrogen-bond donors (Lipinski definition) is 0. The SMILES string of the molecule is CS(=O)(=O)OC1CCN(CC2CN(S(=O)(=O)c3ccc4cc(Cl)ccc4c3)CC(=O)N2CC2CCN(c3ccncc3)CC2)CC1. The number of carbonyl (C=O) groups excluding carboxylic acids is 1. The van der Waals surface area contributed by atoms with Crippen LogP contribution in [0.5, 0.6) is 0 Å².